The van der Waals surface area contributed by atoms with Crippen molar-refractivity contribution in [3.63, 3.8) is 0 Å². The van der Waals surface area contributed by atoms with Crippen LogP contribution in [0.5, 0.6) is 0 Å². The predicted molar refractivity (Wildman–Crippen MR) is 148 cm³/mol. The van der Waals surface area contributed by atoms with Gasteiger partial charge in [-0.15, -0.1) is 11.3 Å². The van der Waals surface area contributed by atoms with Crippen LogP contribution < -0.4 is 30.0 Å². The molecule has 2 unspecified atom stereocenters. The number of benzene rings is 2. The second kappa shape index (κ2) is 10.3. The molecule has 2 aromatic carbocycles. The SMILES string of the molecule is CC1=C2c3sccc3C1[Si]2(C)C.CC1=Cc2c(-c3ccc([Si](C)(C)C)cc3)cccc2[CH]1[Zr+2].[Cl-].[Cl-]. The predicted octanol–water partition coefficient (Wildman–Crippen LogP) is 2.33. The van der Waals surface area contributed by atoms with E-state index in [1.807, 2.05) is 11.3 Å². The van der Waals surface area contributed by atoms with E-state index in [-0.39, 0.29) is 24.8 Å². The van der Waals surface area contributed by atoms with E-state index in [0.717, 1.165) is 5.54 Å². The summed E-state index contributed by atoms with van der Waals surface area (Å²) in [5, 5.41) is 5.55. The van der Waals surface area contributed by atoms with Crippen LogP contribution in [0.1, 0.15) is 44.6 Å². The van der Waals surface area contributed by atoms with Gasteiger partial charge in [-0.05, 0) is 29.1 Å². The average molecular weight is 632 g/mol. The summed E-state index contributed by atoms with van der Waals surface area (Å²) in [6, 6.07) is 18.4. The van der Waals surface area contributed by atoms with Gasteiger partial charge in [0, 0.05) is 10.4 Å². The van der Waals surface area contributed by atoms with Crippen LogP contribution >= 0.6 is 11.3 Å². The Balaban J connectivity index is 0.000000208. The van der Waals surface area contributed by atoms with E-state index in [1.165, 1.54) is 33.0 Å². The molecule has 2 bridgehead atoms. The van der Waals surface area contributed by atoms with Crippen LogP contribution in [0.2, 0.25) is 32.7 Å². The van der Waals surface area contributed by atoms with Gasteiger partial charge in [0.2, 0.25) is 0 Å². The summed E-state index contributed by atoms with van der Waals surface area (Å²) in [6.45, 7) is 16.8. The molecule has 1 aromatic heterocycles. The zero-order chi connectivity index (χ0) is 23.7. The van der Waals surface area contributed by atoms with Crippen molar-refractivity contribution in [2.75, 3.05) is 0 Å². The molecule has 4 aliphatic rings. The Morgan fingerprint density at radius 2 is 1.54 bits per heavy atom. The molecule has 0 radical (unpaired) electrons. The Morgan fingerprint density at radius 1 is 0.886 bits per heavy atom. The molecular formula is C29H33Cl2SSi2Zr. The minimum absolute atomic E-state index is 0. The minimum atomic E-state index is -1.21. The topological polar surface area (TPSA) is 0 Å². The van der Waals surface area contributed by atoms with Crippen molar-refractivity contribution in [1.82, 2.24) is 0 Å². The molecule has 0 N–H and O–H groups in total. The molecule has 2 aliphatic heterocycles. The Hall–Kier alpha value is -0.483. The molecule has 0 saturated heterocycles. The summed E-state index contributed by atoms with van der Waals surface area (Å²) in [5.74, 6) is 0. The molecule has 3 aromatic rings. The summed E-state index contributed by atoms with van der Waals surface area (Å²) < 4.78 is 0.647. The maximum atomic E-state index is 2.51. The molecule has 3 heterocycles. The molecule has 0 nitrogen and oxygen atoms in total. The summed E-state index contributed by atoms with van der Waals surface area (Å²) in [4.78, 5) is 1.63. The van der Waals surface area contributed by atoms with Gasteiger partial charge in [0.25, 0.3) is 0 Å². The number of allylic oxidation sites excluding steroid dienone is 2. The molecule has 2 aliphatic carbocycles. The molecule has 0 spiro atoms. The van der Waals surface area contributed by atoms with Crippen LogP contribution in [0.15, 0.2) is 65.1 Å². The largest absolute Gasteiger partial charge is 1.00 e. The monoisotopic (exact) mass is 629 g/mol. The fraction of sp³-hybridized carbons (Fsp3) is 0.310. The van der Waals surface area contributed by atoms with Crippen molar-refractivity contribution in [2.24, 2.45) is 0 Å². The number of rotatable bonds is 2. The standard InChI is InChI=1S/C19H21Si.C10H12SSi.2ClH.Zr/c1-14-12-16-6-5-7-18(19(16)13-14)15-8-10-17(11-9-15)20(2,3)4;1-6-9-7-4-5-11-8(7)10(6)12(9,2)3;;;/h5-13H,1-4H3;4-5,9H,1-3H3;2*1H;/q;;;;+2/p-2. The van der Waals surface area contributed by atoms with Crippen molar-refractivity contribution < 1.29 is 49.5 Å². The Bertz CT molecular complexity index is 1310. The maximum absolute atomic E-state index is 2.51. The number of hydrogen-bond donors (Lipinski definition) is 0. The number of fused-ring (bicyclic) bond motifs is 1. The molecule has 2 atom stereocenters. The van der Waals surface area contributed by atoms with E-state index in [1.54, 1.807) is 45.9 Å². The third-order valence-corrected chi connectivity index (χ3v) is 17.0. The number of halogens is 2. The van der Waals surface area contributed by atoms with E-state index < -0.39 is 16.1 Å². The van der Waals surface area contributed by atoms with E-state index in [9.17, 15) is 0 Å². The first-order valence-corrected chi connectivity index (χ1v) is 20.8. The van der Waals surface area contributed by atoms with Gasteiger partial charge in [-0.1, -0.05) is 18.7 Å². The number of thiophene rings is 1. The average Bonchev–Trinajstić information content (AvgIpc) is 3.45. The molecule has 181 valence electrons. The van der Waals surface area contributed by atoms with Gasteiger partial charge in [-0.25, -0.2) is 0 Å². The smallest absolute Gasteiger partial charge is 1.00 e. The van der Waals surface area contributed by atoms with Crippen LogP contribution in [-0.2, 0) is 24.7 Å². The Kier molecular flexibility index (Phi) is 8.60. The van der Waals surface area contributed by atoms with E-state index >= 15 is 0 Å². The fourth-order valence-electron chi connectivity index (χ4n) is 6.06. The minimum Gasteiger partial charge on any atom is -1.00 e. The molecular weight excluding hydrogens is 599 g/mol. The molecule has 35 heavy (non-hydrogen) atoms. The second-order valence-electron chi connectivity index (χ2n) is 11.4. The normalized spacial score (nSPS) is 20.4. The van der Waals surface area contributed by atoms with Gasteiger partial charge >= 0.3 is 145 Å². The van der Waals surface area contributed by atoms with Crippen LogP contribution in [0.25, 0.3) is 22.4 Å². The van der Waals surface area contributed by atoms with Gasteiger partial charge in [0.15, 0.2) is 0 Å². The zero-order valence-electron chi connectivity index (χ0n) is 21.6. The van der Waals surface area contributed by atoms with Crippen molar-refractivity contribution in [3.05, 3.63) is 86.6 Å². The van der Waals surface area contributed by atoms with Gasteiger partial charge in [-0.2, -0.15) is 0 Å². The fourth-order valence-corrected chi connectivity index (χ4v) is 14.3. The first kappa shape index (κ1) is 29.1. The Morgan fingerprint density at radius 3 is 2.11 bits per heavy atom. The first-order valence-electron chi connectivity index (χ1n) is 11.9. The van der Waals surface area contributed by atoms with E-state index in [2.05, 4.69) is 107 Å². The van der Waals surface area contributed by atoms with E-state index in [4.69, 9.17) is 0 Å². The quantitative estimate of drug-likeness (QED) is 0.381. The van der Waals surface area contributed by atoms with E-state index in [0.29, 0.717) is 3.63 Å². The molecule has 6 heteroatoms. The zero-order valence-corrected chi connectivity index (χ0v) is 28.4. The molecule has 0 amide bonds. The third kappa shape index (κ3) is 4.77. The molecule has 7 rings (SSSR count). The molecule has 0 saturated carbocycles. The van der Waals surface area contributed by atoms with Crippen molar-refractivity contribution >= 4 is 43.9 Å². The van der Waals surface area contributed by atoms with Crippen molar-refractivity contribution in [1.29, 1.82) is 0 Å². The van der Waals surface area contributed by atoms with Gasteiger partial charge in [0.1, 0.15) is 0 Å². The summed E-state index contributed by atoms with van der Waals surface area (Å²) in [7, 11) is -2.18. The first-order chi connectivity index (χ1) is 15.5. The maximum Gasteiger partial charge on any atom is -1.00 e. The van der Waals surface area contributed by atoms with Crippen LogP contribution in [0, 0.1) is 0 Å². The van der Waals surface area contributed by atoms with Crippen molar-refractivity contribution in [3.8, 4) is 11.1 Å². The third-order valence-electron chi connectivity index (χ3n) is 7.77. The molecule has 0 fully saturated rings. The number of hydrogen-bond acceptors (Lipinski definition) is 1. The Labute approximate surface area is 245 Å². The van der Waals surface area contributed by atoms with Crippen LogP contribution in [0.3, 0.4) is 0 Å². The van der Waals surface area contributed by atoms with Gasteiger partial charge in [-0.3, -0.25) is 0 Å². The summed E-state index contributed by atoms with van der Waals surface area (Å²) in [6.07, 6.45) is 2.39. The summed E-state index contributed by atoms with van der Waals surface area (Å²) >= 11 is 3.53. The van der Waals surface area contributed by atoms with Crippen molar-refractivity contribution in [2.45, 2.75) is 55.7 Å². The van der Waals surface area contributed by atoms with Crippen LogP contribution in [0.4, 0.5) is 0 Å². The van der Waals surface area contributed by atoms with Gasteiger partial charge < -0.3 is 24.8 Å². The van der Waals surface area contributed by atoms with Crippen LogP contribution in [-0.4, -0.2) is 16.1 Å². The van der Waals surface area contributed by atoms with Gasteiger partial charge in [0.05, 0.1) is 8.07 Å². The summed E-state index contributed by atoms with van der Waals surface area (Å²) in [5.41, 5.74) is 11.4. The second-order valence-corrected chi connectivity index (χ2v) is 23.3.